The molecule has 208 valence electrons. The minimum atomic E-state index is -1.09. The highest BCUT2D eigenvalue weighted by atomic mass is 16.5. The number of hydrogen-bond acceptors (Lipinski definition) is 6. The first-order valence-electron chi connectivity index (χ1n) is 13.4. The van der Waals surface area contributed by atoms with Gasteiger partial charge in [0.25, 0.3) is 5.91 Å². The Labute approximate surface area is 223 Å². The van der Waals surface area contributed by atoms with E-state index in [1.165, 1.54) is 4.90 Å². The quantitative estimate of drug-likeness (QED) is 0.496. The van der Waals surface area contributed by atoms with E-state index in [1.54, 1.807) is 16.9 Å². The Balaban J connectivity index is 1.63. The maximum absolute atomic E-state index is 14.2. The lowest BCUT2D eigenvalue weighted by atomic mass is 9.91. The van der Waals surface area contributed by atoms with Gasteiger partial charge in [0.2, 0.25) is 5.91 Å². The standard InChI is InChI=1S/C27H39N5O6/c1-19(2)32(21-16-20(17-30(18-21)27(35)36)25(33)29-11-14-38-15-12-29)26(34)24-28-22-8-4-5-9-23(22)31(24)10-6-7-13-37-3/h4-5,8-9,19-21H,6-7,10-18H2,1-3H3,(H,35,36)/t20-,21+/m1/s1. The maximum atomic E-state index is 14.2. The van der Waals surface area contributed by atoms with Crippen molar-refractivity contribution in [3.05, 3.63) is 30.1 Å². The number of ether oxygens (including phenoxy) is 2. The molecule has 0 aliphatic carbocycles. The number of hydrogen-bond donors (Lipinski definition) is 1. The predicted molar refractivity (Wildman–Crippen MR) is 141 cm³/mol. The van der Waals surface area contributed by atoms with Crippen molar-refractivity contribution in [2.45, 2.75) is 51.7 Å². The molecule has 3 amide bonds. The van der Waals surface area contributed by atoms with Crippen molar-refractivity contribution in [1.29, 1.82) is 0 Å². The Morgan fingerprint density at radius 1 is 1.13 bits per heavy atom. The van der Waals surface area contributed by atoms with Crippen molar-refractivity contribution >= 4 is 28.9 Å². The van der Waals surface area contributed by atoms with Gasteiger partial charge in [-0.15, -0.1) is 0 Å². The Bertz CT molecular complexity index is 1130. The number of methoxy groups -OCH3 is 1. The molecule has 0 radical (unpaired) electrons. The molecule has 2 aromatic rings. The summed E-state index contributed by atoms with van der Waals surface area (Å²) < 4.78 is 12.5. The third kappa shape index (κ3) is 6.10. The molecule has 2 fully saturated rings. The van der Waals surface area contributed by atoms with Crippen molar-refractivity contribution in [2.75, 3.05) is 53.1 Å². The monoisotopic (exact) mass is 529 g/mol. The minimum Gasteiger partial charge on any atom is -0.465 e. The van der Waals surface area contributed by atoms with E-state index in [-0.39, 0.29) is 30.9 Å². The van der Waals surface area contributed by atoms with Crippen LogP contribution >= 0.6 is 0 Å². The Morgan fingerprint density at radius 2 is 1.87 bits per heavy atom. The zero-order chi connectivity index (χ0) is 27.2. The number of carbonyl (C=O) groups excluding carboxylic acids is 2. The zero-order valence-electron chi connectivity index (χ0n) is 22.5. The molecule has 4 rings (SSSR count). The second-order valence-corrected chi connectivity index (χ2v) is 10.3. The summed E-state index contributed by atoms with van der Waals surface area (Å²) in [5.41, 5.74) is 1.62. The average molecular weight is 530 g/mol. The van der Waals surface area contributed by atoms with Gasteiger partial charge in [0.15, 0.2) is 5.82 Å². The number of unbranched alkanes of at least 4 members (excludes halogenated alkanes) is 1. The molecule has 2 aliphatic heterocycles. The molecule has 1 N–H and O–H groups in total. The van der Waals surface area contributed by atoms with Crippen LogP contribution in [0.1, 0.15) is 43.7 Å². The van der Waals surface area contributed by atoms with Crippen LogP contribution < -0.4 is 0 Å². The highest BCUT2D eigenvalue weighted by molar-refractivity contribution is 5.95. The van der Waals surface area contributed by atoms with Gasteiger partial charge in [-0.1, -0.05) is 12.1 Å². The third-order valence-electron chi connectivity index (χ3n) is 7.38. The number of amides is 3. The molecule has 2 aliphatic rings. The van der Waals surface area contributed by atoms with Gasteiger partial charge in [-0.05, 0) is 45.2 Å². The number of likely N-dealkylation sites (tertiary alicyclic amines) is 1. The molecule has 38 heavy (non-hydrogen) atoms. The fourth-order valence-corrected chi connectivity index (χ4v) is 5.57. The summed E-state index contributed by atoms with van der Waals surface area (Å²) in [6, 6.07) is 7.00. The molecule has 11 heteroatoms. The second-order valence-electron chi connectivity index (χ2n) is 10.3. The molecule has 0 saturated carbocycles. The fourth-order valence-electron chi connectivity index (χ4n) is 5.57. The summed E-state index contributed by atoms with van der Waals surface area (Å²) in [4.78, 5) is 49.0. The van der Waals surface area contributed by atoms with E-state index in [0.717, 1.165) is 23.9 Å². The number of aryl methyl sites for hydroxylation is 1. The molecule has 1 aromatic carbocycles. The number of rotatable bonds is 9. The van der Waals surface area contributed by atoms with Crippen LogP contribution in [0.2, 0.25) is 0 Å². The lowest BCUT2D eigenvalue weighted by Gasteiger charge is -2.44. The molecular formula is C27H39N5O6. The highest BCUT2D eigenvalue weighted by Gasteiger charge is 2.41. The lowest BCUT2D eigenvalue weighted by Crippen LogP contribution is -2.59. The number of nitrogens with zero attached hydrogens (tertiary/aromatic N) is 5. The molecule has 2 saturated heterocycles. The molecule has 0 spiro atoms. The SMILES string of the molecule is COCCCCn1c(C(=O)N(C(C)C)[C@H]2C[C@@H](C(=O)N3CCOCC3)CN(C(=O)O)C2)nc2ccccc21. The van der Waals surface area contributed by atoms with Crippen LogP contribution in [0.15, 0.2) is 24.3 Å². The second kappa shape index (κ2) is 12.6. The van der Waals surface area contributed by atoms with Crippen LogP contribution in [0.3, 0.4) is 0 Å². The summed E-state index contributed by atoms with van der Waals surface area (Å²) in [5.74, 6) is -0.519. The van der Waals surface area contributed by atoms with Gasteiger partial charge in [-0.25, -0.2) is 9.78 Å². The highest BCUT2D eigenvalue weighted by Crippen LogP contribution is 2.27. The van der Waals surface area contributed by atoms with Crippen LogP contribution in [0.25, 0.3) is 11.0 Å². The molecule has 2 atom stereocenters. The van der Waals surface area contributed by atoms with Gasteiger partial charge in [0.1, 0.15) is 0 Å². The van der Waals surface area contributed by atoms with E-state index >= 15 is 0 Å². The van der Waals surface area contributed by atoms with E-state index in [1.807, 2.05) is 42.7 Å². The van der Waals surface area contributed by atoms with Crippen LogP contribution in [-0.2, 0) is 20.8 Å². The van der Waals surface area contributed by atoms with Crippen LogP contribution in [0.4, 0.5) is 4.79 Å². The number of piperidine rings is 1. The Kier molecular flexibility index (Phi) is 9.22. The number of carbonyl (C=O) groups is 3. The van der Waals surface area contributed by atoms with Gasteiger partial charge >= 0.3 is 6.09 Å². The van der Waals surface area contributed by atoms with Gasteiger partial charge in [-0.3, -0.25) is 9.59 Å². The topological polar surface area (TPSA) is 117 Å². The summed E-state index contributed by atoms with van der Waals surface area (Å²) in [6.45, 7) is 7.30. The van der Waals surface area contributed by atoms with Crippen LogP contribution in [0, 0.1) is 5.92 Å². The zero-order valence-corrected chi connectivity index (χ0v) is 22.5. The summed E-state index contributed by atoms with van der Waals surface area (Å²) in [6.07, 6.45) is 0.989. The molecular weight excluding hydrogens is 490 g/mol. The van der Waals surface area contributed by atoms with Crippen molar-refractivity contribution in [2.24, 2.45) is 5.92 Å². The molecule has 1 aromatic heterocycles. The number of fused-ring (bicyclic) bond motifs is 1. The van der Waals surface area contributed by atoms with Gasteiger partial charge in [-0.2, -0.15) is 0 Å². The van der Waals surface area contributed by atoms with Gasteiger partial charge < -0.3 is 33.8 Å². The largest absolute Gasteiger partial charge is 0.465 e. The van der Waals surface area contributed by atoms with E-state index in [0.29, 0.717) is 51.7 Å². The first kappa shape index (κ1) is 27.8. The van der Waals surface area contributed by atoms with Crippen molar-refractivity contribution in [3.8, 4) is 0 Å². The number of aromatic nitrogens is 2. The number of morpholine rings is 1. The first-order valence-corrected chi connectivity index (χ1v) is 13.4. The van der Waals surface area contributed by atoms with E-state index in [4.69, 9.17) is 14.5 Å². The number of carboxylic acid groups (broad SMARTS) is 1. The summed E-state index contributed by atoms with van der Waals surface area (Å²) in [5, 5.41) is 9.87. The van der Waals surface area contributed by atoms with Crippen molar-refractivity contribution in [1.82, 2.24) is 24.3 Å². The van der Waals surface area contributed by atoms with E-state index < -0.39 is 18.1 Å². The third-order valence-corrected chi connectivity index (χ3v) is 7.38. The average Bonchev–Trinajstić information content (AvgIpc) is 3.29. The van der Waals surface area contributed by atoms with Crippen LogP contribution in [0.5, 0.6) is 0 Å². The number of benzene rings is 1. The Morgan fingerprint density at radius 3 is 2.55 bits per heavy atom. The minimum absolute atomic E-state index is 0.0780. The fraction of sp³-hybridized carbons (Fsp3) is 0.630. The number of para-hydroxylation sites is 2. The van der Waals surface area contributed by atoms with Gasteiger partial charge in [0, 0.05) is 52.5 Å². The first-order chi connectivity index (χ1) is 18.3. The predicted octanol–water partition coefficient (Wildman–Crippen LogP) is 2.54. The van der Waals surface area contributed by atoms with Crippen molar-refractivity contribution in [3.63, 3.8) is 0 Å². The smallest absolute Gasteiger partial charge is 0.407 e. The number of imidazole rings is 1. The molecule has 0 bridgehead atoms. The van der Waals surface area contributed by atoms with E-state index in [9.17, 15) is 19.5 Å². The molecule has 0 unspecified atom stereocenters. The van der Waals surface area contributed by atoms with Crippen LogP contribution in [-0.4, -0.2) is 112 Å². The summed E-state index contributed by atoms with van der Waals surface area (Å²) >= 11 is 0. The molecule has 3 heterocycles. The van der Waals surface area contributed by atoms with Gasteiger partial charge in [0.05, 0.1) is 36.2 Å². The lowest BCUT2D eigenvalue weighted by molar-refractivity contribution is -0.142. The summed E-state index contributed by atoms with van der Waals surface area (Å²) in [7, 11) is 1.67. The Hall–Kier alpha value is -3.18. The van der Waals surface area contributed by atoms with E-state index in [2.05, 4.69) is 0 Å². The molecule has 11 nitrogen and oxygen atoms in total. The van der Waals surface area contributed by atoms with Crippen molar-refractivity contribution < 1.29 is 29.0 Å². The maximum Gasteiger partial charge on any atom is 0.407 e. The normalized spacial score (nSPS) is 20.2.